The molecule has 2 nitrogen and oxygen atoms in total. The minimum Gasteiger partial charge on any atom is -0.396 e. The first-order chi connectivity index (χ1) is 6.67. The second kappa shape index (κ2) is 5.56. The van der Waals surface area contributed by atoms with Crippen LogP contribution in [0, 0.1) is 5.92 Å². The molecule has 0 aromatic heterocycles. The zero-order chi connectivity index (χ0) is 10.6. The maximum atomic E-state index is 8.97. The van der Waals surface area contributed by atoms with Gasteiger partial charge in [-0.2, -0.15) is 0 Å². The van der Waals surface area contributed by atoms with Crippen molar-refractivity contribution in [3.63, 3.8) is 0 Å². The van der Waals surface area contributed by atoms with Gasteiger partial charge in [-0.15, -0.1) is 0 Å². The third-order valence-electron chi connectivity index (χ3n) is 2.10. The second-order valence-corrected chi connectivity index (χ2v) is 4.05. The number of benzene rings is 1. The van der Waals surface area contributed by atoms with Crippen LogP contribution in [0.25, 0.3) is 0 Å². The van der Waals surface area contributed by atoms with E-state index in [9.17, 15) is 0 Å². The Morgan fingerprint density at radius 1 is 1.29 bits per heavy atom. The Balaban J connectivity index is 2.72. The Morgan fingerprint density at radius 2 is 2.00 bits per heavy atom. The van der Waals surface area contributed by atoms with Gasteiger partial charge in [0.15, 0.2) is 0 Å². The van der Waals surface area contributed by atoms with E-state index in [0.29, 0.717) is 16.6 Å². The van der Waals surface area contributed by atoms with Crippen molar-refractivity contribution < 1.29 is 5.11 Å². The van der Waals surface area contributed by atoms with E-state index < -0.39 is 0 Å². The summed E-state index contributed by atoms with van der Waals surface area (Å²) in [7, 11) is 0. The van der Waals surface area contributed by atoms with Crippen molar-refractivity contribution in [2.75, 3.05) is 13.2 Å². The van der Waals surface area contributed by atoms with Crippen LogP contribution in [0.2, 0.25) is 10.0 Å². The first kappa shape index (κ1) is 11.8. The molecular formula is C10H13Cl2NO. The van der Waals surface area contributed by atoms with Crippen molar-refractivity contribution >= 4 is 23.2 Å². The van der Waals surface area contributed by atoms with E-state index in [1.165, 1.54) is 0 Å². The number of rotatable bonds is 4. The van der Waals surface area contributed by atoms with E-state index in [-0.39, 0.29) is 12.5 Å². The average molecular weight is 234 g/mol. The van der Waals surface area contributed by atoms with E-state index in [2.05, 4.69) is 0 Å². The number of aliphatic hydroxyl groups is 1. The van der Waals surface area contributed by atoms with Gasteiger partial charge in [0, 0.05) is 6.61 Å². The Kier molecular flexibility index (Phi) is 4.69. The molecule has 0 spiro atoms. The lowest BCUT2D eigenvalue weighted by Gasteiger charge is -2.11. The molecule has 0 aliphatic heterocycles. The first-order valence-corrected chi connectivity index (χ1v) is 5.17. The van der Waals surface area contributed by atoms with Crippen LogP contribution in [0.5, 0.6) is 0 Å². The van der Waals surface area contributed by atoms with Crippen LogP contribution >= 0.6 is 23.2 Å². The Bertz CT molecular complexity index is 300. The monoisotopic (exact) mass is 233 g/mol. The maximum Gasteiger partial charge on any atom is 0.0595 e. The highest BCUT2D eigenvalue weighted by Crippen LogP contribution is 2.23. The summed E-state index contributed by atoms with van der Waals surface area (Å²) in [6.45, 7) is 0.563. The molecule has 0 heterocycles. The van der Waals surface area contributed by atoms with Crippen LogP contribution in [-0.2, 0) is 6.42 Å². The normalized spacial score (nSPS) is 12.9. The zero-order valence-corrected chi connectivity index (χ0v) is 9.22. The Labute approximate surface area is 93.6 Å². The van der Waals surface area contributed by atoms with E-state index in [4.69, 9.17) is 34.0 Å². The SMILES string of the molecule is NCC(CO)Cc1ccc(Cl)c(Cl)c1. The Hall–Kier alpha value is -0.280. The molecule has 1 unspecified atom stereocenters. The molecule has 0 bridgehead atoms. The highest BCUT2D eigenvalue weighted by molar-refractivity contribution is 6.42. The van der Waals surface area contributed by atoms with Gasteiger partial charge in [-0.1, -0.05) is 29.3 Å². The number of aliphatic hydroxyl groups excluding tert-OH is 1. The van der Waals surface area contributed by atoms with E-state index >= 15 is 0 Å². The topological polar surface area (TPSA) is 46.2 Å². The van der Waals surface area contributed by atoms with Crippen molar-refractivity contribution in [2.45, 2.75) is 6.42 Å². The molecule has 1 atom stereocenters. The van der Waals surface area contributed by atoms with E-state index in [1.54, 1.807) is 6.07 Å². The quantitative estimate of drug-likeness (QED) is 0.837. The first-order valence-electron chi connectivity index (χ1n) is 4.42. The van der Waals surface area contributed by atoms with Crippen LogP contribution in [-0.4, -0.2) is 18.3 Å². The van der Waals surface area contributed by atoms with Crippen LogP contribution in [0.15, 0.2) is 18.2 Å². The van der Waals surface area contributed by atoms with Gasteiger partial charge in [0.1, 0.15) is 0 Å². The summed E-state index contributed by atoms with van der Waals surface area (Å²) in [6.07, 6.45) is 0.726. The molecule has 0 fully saturated rings. The molecule has 0 aliphatic carbocycles. The lowest BCUT2D eigenvalue weighted by atomic mass is 10.0. The Morgan fingerprint density at radius 3 is 2.50 bits per heavy atom. The molecule has 0 aliphatic rings. The number of halogens is 2. The molecule has 0 saturated heterocycles. The maximum absolute atomic E-state index is 8.97. The summed E-state index contributed by atoms with van der Waals surface area (Å²) in [4.78, 5) is 0. The molecular weight excluding hydrogens is 221 g/mol. The highest BCUT2D eigenvalue weighted by atomic mass is 35.5. The average Bonchev–Trinajstić information content (AvgIpc) is 2.19. The van der Waals surface area contributed by atoms with Crippen LogP contribution in [0.3, 0.4) is 0 Å². The fraction of sp³-hybridized carbons (Fsp3) is 0.400. The highest BCUT2D eigenvalue weighted by Gasteiger charge is 2.07. The van der Waals surface area contributed by atoms with Crippen molar-refractivity contribution in [3.8, 4) is 0 Å². The van der Waals surface area contributed by atoms with Crippen LogP contribution in [0.1, 0.15) is 5.56 Å². The fourth-order valence-electron chi connectivity index (χ4n) is 1.22. The van der Waals surface area contributed by atoms with Gasteiger partial charge >= 0.3 is 0 Å². The summed E-state index contributed by atoms with van der Waals surface area (Å²) in [5.41, 5.74) is 6.53. The number of hydrogen-bond donors (Lipinski definition) is 2. The van der Waals surface area contributed by atoms with Gasteiger partial charge in [-0.3, -0.25) is 0 Å². The van der Waals surface area contributed by atoms with Gasteiger partial charge in [-0.05, 0) is 36.6 Å². The van der Waals surface area contributed by atoms with Gasteiger partial charge < -0.3 is 10.8 Å². The molecule has 0 radical (unpaired) electrons. The van der Waals surface area contributed by atoms with Gasteiger partial charge in [-0.25, -0.2) is 0 Å². The molecule has 1 rings (SSSR count). The van der Waals surface area contributed by atoms with Crippen molar-refractivity contribution in [2.24, 2.45) is 11.7 Å². The number of hydrogen-bond acceptors (Lipinski definition) is 2. The van der Waals surface area contributed by atoms with Gasteiger partial charge in [0.25, 0.3) is 0 Å². The molecule has 1 aromatic carbocycles. The molecule has 0 amide bonds. The van der Waals surface area contributed by atoms with Crippen molar-refractivity contribution in [3.05, 3.63) is 33.8 Å². The van der Waals surface area contributed by atoms with E-state index in [1.807, 2.05) is 12.1 Å². The van der Waals surface area contributed by atoms with Gasteiger partial charge in [0.05, 0.1) is 10.0 Å². The summed E-state index contributed by atoms with van der Waals surface area (Å²) < 4.78 is 0. The largest absolute Gasteiger partial charge is 0.396 e. The second-order valence-electron chi connectivity index (χ2n) is 3.24. The third-order valence-corrected chi connectivity index (χ3v) is 2.84. The number of nitrogens with two attached hydrogens (primary N) is 1. The molecule has 3 N–H and O–H groups in total. The molecule has 78 valence electrons. The van der Waals surface area contributed by atoms with Crippen LogP contribution < -0.4 is 5.73 Å². The predicted octanol–water partition coefficient (Wildman–Crippen LogP) is 2.10. The smallest absolute Gasteiger partial charge is 0.0595 e. The predicted molar refractivity (Wildman–Crippen MR) is 59.8 cm³/mol. The lowest BCUT2D eigenvalue weighted by Crippen LogP contribution is -2.20. The molecule has 1 aromatic rings. The van der Waals surface area contributed by atoms with Crippen LogP contribution in [0.4, 0.5) is 0 Å². The molecule has 14 heavy (non-hydrogen) atoms. The standard InChI is InChI=1S/C10H13Cl2NO/c11-9-2-1-7(4-10(9)12)3-8(5-13)6-14/h1-2,4,8,14H,3,5-6,13H2. The van der Waals surface area contributed by atoms with E-state index in [0.717, 1.165) is 12.0 Å². The van der Waals surface area contributed by atoms with Crippen molar-refractivity contribution in [1.29, 1.82) is 0 Å². The minimum absolute atomic E-state index is 0.0900. The minimum atomic E-state index is 0.0900. The van der Waals surface area contributed by atoms with Crippen molar-refractivity contribution in [1.82, 2.24) is 0 Å². The fourth-order valence-corrected chi connectivity index (χ4v) is 1.54. The summed E-state index contributed by atoms with van der Waals surface area (Å²) in [6, 6.07) is 5.46. The summed E-state index contributed by atoms with van der Waals surface area (Å²) >= 11 is 11.6. The summed E-state index contributed by atoms with van der Waals surface area (Å²) in [5, 5.41) is 10.1. The zero-order valence-electron chi connectivity index (χ0n) is 7.71. The molecule has 0 saturated carbocycles. The van der Waals surface area contributed by atoms with Gasteiger partial charge in [0.2, 0.25) is 0 Å². The summed E-state index contributed by atoms with van der Waals surface area (Å²) in [5.74, 6) is 0.0900. The molecule has 4 heteroatoms. The third kappa shape index (κ3) is 3.14. The lowest BCUT2D eigenvalue weighted by molar-refractivity contribution is 0.230.